The van der Waals surface area contributed by atoms with Crippen LogP contribution in [0.5, 0.6) is 0 Å². The molecule has 1 aromatic heterocycles. The highest BCUT2D eigenvalue weighted by Crippen LogP contribution is 2.19. The minimum Gasteiger partial charge on any atom is -0.445 e. The number of ether oxygens (including phenoxy) is 1. The zero-order chi connectivity index (χ0) is 24.7. The molecule has 1 atom stereocenters. The predicted molar refractivity (Wildman–Crippen MR) is 137 cm³/mol. The molecule has 0 aromatic carbocycles. The second-order valence-electron chi connectivity index (χ2n) is 9.51. The topological polar surface area (TPSA) is 75.5 Å². The molecule has 0 radical (unpaired) electrons. The summed E-state index contributed by atoms with van der Waals surface area (Å²) in [5.41, 5.74) is 0. The Kier molecular flexibility index (Phi) is 19.8. The van der Waals surface area contributed by atoms with Crippen molar-refractivity contribution in [2.45, 2.75) is 136 Å². The Morgan fingerprint density at radius 1 is 0.765 bits per heavy atom. The lowest BCUT2D eigenvalue weighted by molar-refractivity contribution is -0.302. The number of rotatable bonds is 23. The molecule has 0 bridgehead atoms. The van der Waals surface area contributed by atoms with Gasteiger partial charge in [-0.05, 0) is 50.9 Å². The van der Waals surface area contributed by atoms with Crippen molar-refractivity contribution in [3.63, 3.8) is 0 Å². The fraction of sp³-hybridized carbons (Fsp3) is 0.889. The van der Waals surface area contributed by atoms with Crippen LogP contribution in [0.1, 0.15) is 130 Å². The summed E-state index contributed by atoms with van der Waals surface area (Å²) >= 11 is 0. The van der Waals surface area contributed by atoms with Crippen molar-refractivity contribution in [2.24, 2.45) is 5.92 Å². The first-order valence-corrected chi connectivity index (χ1v) is 14.0. The van der Waals surface area contributed by atoms with E-state index in [-0.39, 0.29) is 6.10 Å². The molecule has 0 N–H and O–H groups in total. The largest absolute Gasteiger partial charge is 0.445 e. The third-order valence-corrected chi connectivity index (χ3v) is 6.33. The molecule has 1 unspecified atom stereocenters. The molecule has 0 fully saturated rings. The number of hydrogen-bond acceptors (Lipinski definition) is 6. The number of nitrogens with zero attached hydrogens (tertiary/aromatic N) is 3. The smallest absolute Gasteiger partial charge is 0.436 e. The summed E-state index contributed by atoms with van der Waals surface area (Å²) in [6, 6.07) is 0. The third-order valence-electron chi connectivity index (χ3n) is 6.33. The van der Waals surface area contributed by atoms with E-state index in [2.05, 4.69) is 30.9 Å². The van der Waals surface area contributed by atoms with Gasteiger partial charge >= 0.3 is 6.09 Å². The van der Waals surface area contributed by atoms with Gasteiger partial charge in [-0.15, -0.1) is 5.10 Å². The second kappa shape index (κ2) is 22.0. The van der Waals surface area contributed by atoms with E-state index in [0.717, 1.165) is 49.6 Å². The van der Waals surface area contributed by atoms with Crippen LogP contribution in [0, 0.1) is 5.92 Å². The molecule has 1 aromatic rings. The van der Waals surface area contributed by atoms with Crippen molar-refractivity contribution in [3.05, 3.63) is 12.7 Å². The van der Waals surface area contributed by atoms with E-state index in [1.807, 2.05) is 0 Å². The monoisotopic (exact) mass is 481 g/mol. The van der Waals surface area contributed by atoms with Crippen molar-refractivity contribution in [3.8, 4) is 0 Å². The van der Waals surface area contributed by atoms with Crippen molar-refractivity contribution >= 4 is 6.09 Å². The first-order chi connectivity index (χ1) is 16.7. The molecule has 0 aliphatic heterocycles. The summed E-state index contributed by atoms with van der Waals surface area (Å²) in [5.74, 6) is 0.604. The molecule has 7 nitrogen and oxygen atoms in total. The molecular formula is C27H51N3O4. The minimum absolute atomic E-state index is 0.0974. The van der Waals surface area contributed by atoms with Crippen LogP contribution in [0.2, 0.25) is 0 Å². The Bertz CT molecular complexity index is 556. The van der Waals surface area contributed by atoms with Gasteiger partial charge in [0, 0.05) is 0 Å². The summed E-state index contributed by atoms with van der Waals surface area (Å²) in [4.78, 5) is 27.1. The molecule has 7 heteroatoms. The van der Waals surface area contributed by atoms with Crippen LogP contribution in [0.25, 0.3) is 0 Å². The molecular weight excluding hydrogens is 430 g/mol. The van der Waals surface area contributed by atoms with Crippen LogP contribution in [0.4, 0.5) is 4.79 Å². The molecule has 0 saturated carbocycles. The fourth-order valence-corrected chi connectivity index (χ4v) is 4.15. The maximum atomic E-state index is 12.2. The molecule has 1 heterocycles. The summed E-state index contributed by atoms with van der Waals surface area (Å²) in [6.45, 7) is 7.97. The highest BCUT2D eigenvalue weighted by molar-refractivity contribution is 5.68. The van der Waals surface area contributed by atoms with Crippen LogP contribution in [0.15, 0.2) is 12.7 Å². The van der Waals surface area contributed by atoms with Crippen molar-refractivity contribution in [1.29, 1.82) is 0 Å². The quantitative estimate of drug-likeness (QED) is 0.0898. The highest BCUT2D eigenvalue weighted by atomic mass is 17.2. The van der Waals surface area contributed by atoms with Crippen molar-refractivity contribution in [2.75, 3.05) is 13.2 Å². The lowest BCUT2D eigenvalue weighted by Gasteiger charge is -2.18. The van der Waals surface area contributed by atoms with Crippen molar-refractivity contribution < 1.29 is 19.3 Å². The number of aromatic nitrogens is 3. The third kappa shape index (κ3) is 16.2. The molecule has 0 aliphatic carbocycles. The van der Waals surface area contributed by atoms with Gasteiger partial charge in [-0.2, -0.15) is 4.68 Å². The van der Waals surface area contributed by atoms with Gasteiger partial charge in [0.15, 0.2) is 0 Å². The van der Waals surface area contributed by atoms with Crippen LogP contribution < -0.4 is 0 Å². The normalized spacial score (nSPS) is 12.4. The predicted octanol–water partition coefficient (Wildman–Crippen LogP) is 7.89. The zero-order valence-electron chi connectivity index (χ0n) is 22.2. The average Bonchev–Trinajstić information content (AvgIpc) is 3.38. The highest BCUT2D eigenvalue weighted by Gasteiger charge is 2.16. The Morgan fingerprint density at radius 3 is 1.94 bits per heavy atom. The van der Waals surface area contributed by atoms with Crippen molar-refractivity contribution in [1.82, 2.24) is 14.8 Å². The Hall–Kier alpha value is -1.47. The van der Waals surface area contributed by atoms with Gasteiger partial charge in [0.1, 0.15) is 18.8 Å². The molecule has 0 spiro atoms. The number of hydrogen-bond donors (Lipinski definition) is 0. The van der Waals surface area contributed by atoms with Crippen LogP contribution in [-0.2, 0) is 14.5 Å². The Morgan fingerprint density at radius 2 is 1.35 bits per heavy atom. The average molecular weight is 482 g/mol. The van der Waals surface area contributed by atoms with E-state index < -0.39 is 6.09 Å². The minimum atomic E-state index is -0.456. The lowest BCUT2D eigenvalue weighted by atomic mass is 9.95. The van der Waals surface area contributed by atoms with E-state index in [4.69, 9.17) is 14.5 Å². The van der Waals surface area contributed by atoms with E-state index in [1.165, 1.54) is 76.9 Å². The zero-order valence-corrected chi connectivity index (χ0v) is 22.2. The van der Waals surface area contributed by atoms with E-state index in [0.29, 0.717) is 19.1 Å². The Labute approximate surface area is 208 Å². The SMILES string of the molecule is CCCCCCC(CCCCCC)COOCCCCC(CCCCC)OC(=O)n1cncn1. The number of carbonyl (C=O) groups is 1. The van der Waals surface area contributed by atoms with E-state index >= 15 is 0 Å². The van der Waals surface area contributed by atoms with Crippen LogP contribution in [0.3, 0.4) is 0 Å². The first kappa shape index (κ1) is 30.6. The summed E-state index contributed by atoms with van der Waals surface area (Å²) in [6.07, 6.45) is 22.0. The van der Waals surface area contributed by atoms with Gasteiger partial charge in [-0.25, -0.2) is 19.6 Å². The standard InChI is InChI=1S/C27H51N3O4/c1-4-7-10-13-17-25(18-14-11-8-5-2)22-33-32-21-16-15-20-26(19-12-9-6-3)34-27(31)30-24-28-23-29-30/h23-26H,4-22H2,1-3H3. The molecule has 198 valence electrons. The van der Waals surface area contributed by atoms with Crippen LogP contribution in [-0.4, -0.2) is 40.2 Å². The maximum absolute atomic E-state index is 12.2. The van der Waals surface area contributed by atoms with Gasteiger partial charge < -0.3 is 4.74 Å². The van der Waals surface area contributed by atoms with E-state index in [1.54, 1.807) is 0 Å². The summed E-state index contributed by atoms with van der Waals surface area (Å²) < 4.78 is 6.80. The number of unbranched alkanes of at least 4 members (excludes halogenated alkanes) is 9. The Balaban J connectivity index is 2.24. The lowest BCUT2D eigenvalue weighted by Crippen LogP contribution is -2.23. The molecule has 0 aliphatic rings. The van der Waals surface area contributed by atoms with Gasteiger partial charge in [-0.1, -0.05) is 85.0 Å². The van der Waals surface area contributed by atoms with Gasteiger partial charge in [0.25, 0.3) is 0 Å². The fourth-order valence-electron chi connectivity index (χ4n) is 4.15. The summed E-state index contributed by atoms with van der Waals surface area (Å²) in [7, 11) is 0. The number of carbonyl (C=O) groups excluding carboxylic acids is 1. The van der Waals surface area contributed by atoms with Gasteiger partial charge in [-0.3, -0.25) is 0 Å². The van der Waals surface area contributed by atoms with Gasteiger partial charge in [0.2, 0.25) is 0 Å². The van der Waals surface area contributed by atoms with Gasteiger partial charge in [0.05, 0.1) is 13.2 Å². The summed E-state index contributed by atoms with van der Waals surface area (Å²) in [5, 5.41) is 3.86. The molecule has 34 heavy (non-hydrogen) atoms. The molecule has 1 rings (SSSR count). The van der Waals surface area contributed by atoms with Crippen LogP contribution >= 0.6 is 0 Å². The van der Waals surface area contributed by atoms with E-state index in [9.17, 15) is 4.79 Å². The molecule has 0 amide bonds. The first-order valence-electron chi connectivity index (χ1n) is 14.0. The molecule has 0 saturated heterocycles. The second-order valence-corrected chi connectivity index (χ2v) is 9.51. The maximum Gasteiger partial charge on any atom is 0.436 e.